The van der Waals surface area contributed by atoms with Gasteiger partial charge in [-0.3, -0.25) is 0 Å². The van der Waals surface area contributed by atoms with Crippen molar-refractivity contribution in [2.24, 2.45) is 0 Å². The van der Waals surface area contributed by atoms with Crippen LogP contribution in [-0.4, -0.2) is 8.07 Å². The van der Waals surface area contributed by atoms with Crippen molar-refractivity contribution >= 4 is 28.8 Å². The molecule has 10 aromatic carbocycles. The second-order valence-corrected chi connectivity index (χ2v) is 24.4. The Bertz CT molecular complexity index is 3680. The van der Waals surface area contributed by atoms with E-state index in [0.717, 1.165) is 23.0 Å². The molecule has 70 heavy (non-hydrogen) atoms. The topological polar surface area (TPSA) is 18.5 Å². The van der Waals surface area contributed by atoms with Crippen molar-refractivity contribution in [1.82, 2.24) is 0 Å². The minimum absolute atomic E-state index is 0.251. The first-order valence-electron chi connectivity index (χ1n) is 24.7. The molecule has 0 fully saturated rings. The van der Waals surface area contributed by atoms with Crippen LogP contribution < -0.4 is 30.2 Å². The van der Waals surface area contributed by atoms with Gasteiger partial charge in [-0.25, -0.2) is 0 Å². The summed E-state index contributed by atoms with van der Waals surface area (Å²) in [6.07, 6.45) is 0. The first kappa shape index (κ1) is 41.0. The molecular formula is C67H50O2Si. The third-order valence-electron chi connectivity index (χ3n) is 16.6. The third-order valence-corrected chi connectivity index (χ3v) is 21.4. The zero-order valence-electron chi connectivity index (χ0n) is 39.8. The maximum Gasteiger partial charge on any atom is 0.188 e. The molecule has 0 aromatic heterocycles. The van der Waals surface area contributed by atoms with Crippen LogP contribution in [0.3, 0.4) is 0 Å². The minimum atomic E-state index is -2.83. The lowest BCUT2D eigenvalue weighted by molar-refractivity contribution is 0.419. The molecule has 2 nitrogen and oxygen atoms in total. The molecular weight excluding hydrogens is 865 g/mol. The van der Waals surface area contributed by atoms with E-state index < -0.39 is 13.5 Å². The van der Waals surface area contributed by atoms with Crippen LogP contribution in [0.5, 0.6) is 23.0 Å². The van der Waals surface area contributed by atoms with Gasteiger partial charge in [0.25, 0.3) is 0 Å². The number of benzene rings is 10. The summed E-state index contributed by atoms with van der Waals surface area (Å²) in [5, 5.41) is 5.29. The van der Waals surface area contributed by atoms with Crippen LogP contribution in [0.4, 0.5) is 0 Å². The molecule has 0 saturated carbocycles. The van der Waals surface area contributed by atoms with E-state index in [1.54, 1.807) is 0 Å². The van der Waals surface area contributed by atoms with Gasteiger partial charge in [0.15, 0.2) is 8.07 Å². The van der Waals surface area contributed by atoms with Crippen LogP contribution in [-0.2, 0) is 16.2 Å². The van der Waals surface area contributed by atoms with Gasteiger partial charge in [-0.2, -0.15) is 0 Å². The van der Waals surface area contributed by atoms with Crippen LogP contribution in [0.1, 0.15) is 72.2 Å². The van der Waals surface area contributed by atoms with E-state index in [1.807, 2.05) is 0 Å². The van der Waals surface area contributed by atoms with Gasteiger partial charge in [-0.1, -0.05) is 234 Å². The number of ether oxygens (including phenoxy) is 2. The first-order valence-corrected chi connectivity index (χ1v) is 26.7. The van der Waals surface area contributed by atoms with E-state index in [0.29, 0.717) is 0 Å². The van der Waals surface area contributed by atoms with Crippen molar-refractivity contribution in [2.75, 3.05) is 0 Å². The zero-order chi connectivity index (χ0) is 47.0. The van der Waals surface area contributed by atoms with Gasteiger partial charge in [0.05, 0.1) is 5.41 Å². The van der Waals surface area contributed by atoms with Gasteiger partial charge in [0.1, 0.15) is 23.0 Å². The Morgan fingerprint density at radius 3 is 1.44 bits per heavy atom. The van der Waals surface area contributed by atoms with Crippen LogP contribution in [0.2, 0.25) is 0 Å². The Kier molecular flexibility index (Phi) is 8.65. The number of fused-ring (bicyclic) bond motifs is 12. The average molecular weight is 915 g/mol. The molecule has 0 spiro atoms. The van der Waals surface area contributed by atoms with E-state index in [4.69, 9.17) is 9.47 Å². The molecule has 0 bridgehead atoms. The summed E-state index contributed by atoms with van der Waals surface area (Å²) in [6.45, 7) is 9.45. The van der Waals surface area contributed by atoms with Gasteiger partial charge in [0, 0.05) is 33.1 Å². The van der Waals surface area contributed by atoms with Crippen molar-refractivity contribution in [1.29, 1.82) is 0 Å². The van der Waals surface area contributed by atoms with Gasteiger partial charge < -0.3 is 9.47 Å². The summed E-state index contributed by atoms with van der Waals surface area (Å²) in [6, 6.07) is 85.9. The van der Waals surface area contributed by atoms with E-state index in [2.05, 4.69) is 258 Å². The molecule has 2 aliphatic heterocycles. The summed E-state index contributed by atoms with van der Waals surface area (Å²) in [5.74, 6) is 3.83. The number of para-hydroxylation sites is 2. The summed E-state index contributed by atoms with van der Waals surface area (Å²) in [4.78, 5) is 0. The molecule has 2 heterocycles. The molecule has 14 rings (SSSR count). The predicted octanol–water partition coefficient (Wildman–Crippen LogP) is 13.9. The summed E-state index contributed by atoms with van der Waals surface area (Å²) in [7, 11) is -2.83. The minimum Gasteiger partial charge on any atom is -0.457 e. The van der Waals surface area contributed by atoms with Crippen molar-refractivity contribution in [3.63, 3.8) is 0 Å². The van der Waals surface area contributed by atoms with Gasteiger partial charge in [0.2, 0.25) is 0 Å². The molecule has 0 atom stereocenters. The standard InChI is InChI=1S/C67H50O2Si/c1-65(2)51-29-17-18-30-57(51)68-63-54(65)38-37-53-62(63)50-36-34-44(42-56(50)67(53,45-21-9-5-10-22-45)46-23-11-6-12-24-46)43-33-35-49-55(41-43)66(3,4)52-39-40-60-64(61(49)52)69-58-31-19-20-32-59(58)70(60,47-25-13-7-14-26-47)48-27-15-8-16-28-48/h5-42H,1-4H3. The highest BCUT2D eigenvalue weighted by atomic mass is 28.3. The fourth-order valence-electron chi connectivity index (χ4n) is 13.3. The summed E-state index contributed by atoms with van der Waals surface area (Å²) >= 11 is 0. The van der Waals surface area contributed by atoms with E-state index >= 15 is 0 Å². The highest BCUT2D eigenvalue weighted by Crippen LogP contribution is 2.63. The molecule has 2 aliphatic carbocycles. The zero-order valence-corrected chi connectivity index (χ0v) is 40.8. The van der Waals surface area contributed by atoms with E-state index in [9.17, 15) is 0 Å². The molecule has 3 heteroatoms. The highest BCUT2D eigenvalue weighted by molar-refractivity contribution is 7.20. The lowest BCUT2D eigenvalue weighted by Crippen LogP contribution is -2.76. The first-order chi connectivity index (χ1) is 34.2. The molecule has 0 unspecified atom stereocenters. The van der Waals surface area contributed by atoms with Crippen molar-refractivity contribution in [3.8, 4) is 56.4 Å². The fourth-order valence-corrected chi connectivity index (χ4v) is 18.3. The predicted molar refractivity (Wildman–Crippen MR) is 289 cm³/mol. The van der Waals surface area contributed by atoms with Gasteiger partial charge >= 0.3 is 0 Å². The van der Waals surface area contributed by atoms with Gasteiger partial charge in [-0.05, 0) is 101 Å². The lowest BCUT2D eigenvalue weighted by Gasteiger charge is -2.40. The van der Waals surface area contributed by atoms with Crippen molar-refractivity contribution in [3.05, 3.63) is 275 Å². The molecule has 10 aromatic rings. The number of hydrogen-bond donors (Lipinski definition) is 0. The van der Waals surface area contributed by atoms with Crippen molar-refractivity contribution in [2.45, 2.75) is 43.9 Å². The highest BCUT2D eigenvalue weighted by Gasteiger charge is 2.52. The molecule has 0 N–H and O–H groups in total. The maximum atomic E-state index is 7.27. The Balaban J connectivity index is 0.980. The Labute approximate surface area is 411 Å². The average Bonchev–Trinajstić information content (AvgIpc) is 3.84. The second-order valence-electron chi connectivity index (χ2n) is 20.7. The van der Waals surface area contributed by atoms with Crippen LogP contribution in [0.25, 0.3) is 33.4 Å². The van der Waals surface area contributed by atoms with Gasteiger partial charge in [-0.15, -0.1) is 0 Å². The van der Waals surface area contributed by atoms with E-state index in [1.165, 1.54) is 98.6 Å². The van der Waals surface area contributed by atoms with E-state index in [-0.39, 0.29) is 10.8 Å². The normalized spacial score (nSPS) is 16.1. The maximum absolute atomic E-state index is 7.27. The summed E-state index contributed by atoms with van der Waals surface area (Å²) in [5.41, 5.74) is 16.1. The summed E-state index contributed by atoms with van der Waals surface area (Å²) < 4.78 is 14.4. The van der Waals surface area contributed by atoms with Crippen LogP contribution >= 0.6 is 0 Å². The molecule has 0 saturated heterocycles. The molecule has 334 valence electrons. The lowest BCUT2D eigenvalue weighted by atomic mass is 9.67. The molecule has 0 radical (unpaired) electrons. The second kappa shape index (κ2) is 14.8. The monoisotopic (exact) mass is 914 g/mol. The molecule has 4 aliphatic rings. The number of hydrogen-bond acceptors (Lipinski definition) is 2. The molecule has 0 amide bonds. The smallest absolute Gasteiger partial charge is 0.188 e. The number of rotatable bonds is 5. The SMILES string of the molecule is CC1(C)c2ccccc2Oc2c1ccc1c2-c2ccc(-c3ccc4c(c3)C(C)(C)c3ccc5c(c3-4)Oc3ccccc3[Si]5(c3ccccc3)c3ccccc3)cc2C1(c1ccccc1)c1ccccc1. The third kappa shape index (κ3) is 5.33. The van der Waals surface area contributed by atoms with Crippen LogP contribution in [0, 0.1) is 0 Å². The quantitative estimate of drug-likeness (QED) is 0.160. The Hall–Kier alpha value is -7.98. The largest absolute Gasteiger partial charge is 0.457 e. The fraction of sp³-hybridized carbons (Fsp3) is 0.104. The van der Waals surface area contributed by atoms with Crippen molar-refractivity contribution < 1.29 is 9.47 Å². The Morgan fingerprint density at radius 1 is 0.329 bits per heavy atom. The Morgan fingerprint density at radius 2 is 0.800 bits per heavy atom. The van der Waals surface area contributed by atoms with Crippen LogP contribution in [0.15, 0.2) is 231 Å².